The number of hydrogen-bond donors (Lipinski definition) is 3. The summed E-state index contributed by atoms with van der Waals surface area (Å²) in [7, 11) is 0. The summed E-state index contributed by atoms with van der Waals surface area (Å²) in [6.07, 6.45) is 0.255. The Morgan fingerprint density at radius 3 is 2.40 bits per heavy atom. The molecule has 2 rings (SSSR count). The Bertz CT molecular complexity index is 742. The number of aryl methyl sites for hydroxylation is 1. The van der Waals surface area contributed by atoms with E-state index < -0.39 is 0 Å². The summed E-state index contributed by atoms with van der Waals surface area (Å²) in [6.45, 7) is 4.33. The number of ether oxygens (including phenoxy) is 1. The Labute approximate surface area is 147 Å². The normalized spacial score (nSPS) is 10.2. The van der Waals surface area contributed by atoms with Crippen LogP contribution in [0.15, 0.2) is 42.5 Å². The van der Waals surface area contributed by atoms with E-state index in [1.165, 1.54) is 0 Å². The second-order valence-corrected chi connectivity index (χ2v) is 5.58. The third kappa shape index (κ3) is 5.61. The Hall–Kier alpha value is -2.86. The predicted molar refractivity (Wildman–Crippen MR) is 98.8 cm³/mol. The van der Waals surface area contributed by atoms with E-state index in [0.29, 0.717) is 18.0 Å². The lowest BCUT2D eigenvalue weighted by Gasteiger charge is -2.11. The van der Waals surface area contributed by atoms with Gasteiger partial charge in [0.2, 0.25) is 11.8 Å². The summed E-state index contributed by atoms with van der Waals surface area (Å²) in [5.74, 6) is 0.371. The Morgan fingerprint density at radius 2 is 1.76 bits per heavy atom. The summed E-state index contributed by atoms with van der Waals surface area (Å²) >= 11 is 0. The van der Waals surface area contributed by atoms with Crippen molar-refractivity contribution in [1.82, 2.24) is 0 Å². The minimum Gasteiger partial charge on any atom is -0.494 e. The van der Waals surface area contributed by atoms with E-state index in [0.717, 1.165) is 16.9 Å². The monoisotopic (exact) mass is 341 g/mol. The second-order valence-electron chi connectivity index (χ2n) is 5.58. The molecule has 0 aliphatic carbocycles. The maximum Gasteiger partial charge on any atom is 0.238 e. The number of rotatable bonds is 7. The molecule has 0 aliphatic heterocycles. The van der Waals surface area contributed by atoms with Gasteiger partial charge < -0.3 is 21.1 Å². The minimum absolute atomic E-state index is 0.0900. The van der Waals surface area contributed by atoms with Crippen molar-refractivity contribution >= 4 is 23.2 Å². The van der Waals surface area contributed by atoms with E-state index in [4.69, 9.17) is 10.5 Å². The molecule has 2 aromatic rings. The lowest BCUT2D eigenvalue weighted by Crippen LogP contribution is -2.22. The quantitative estimate of drug-likeness (QED) is 0.721. The highest BCUT2D eigenvalue weighted by molar-refractivity contribution is 5.96. The highest BCUT2D eigenvalue weighted by Crippen LogP contribution is 2.21. The summed E-state index contributed by atoms with van der Waals surface area (Å²) < 4.78 is 5.39. The first-order valence-electron chi connectivity index (χ1n) is 8.14. The number of carbonyl (C=O) groups excluding carboxylic acids is 2. The van der Waals surface area contributed by atoms with Gasteiger partial charge in [-0.1, -0.05) is 18.2 Å². The first kappa shape index (κ1) is 18.5. The summed E-state index contributed by atoms with van der Waals surface area (Å²) in [5.41, 5.74) is 8.35. The zero-order chi connectivity index (χ0) is 18.2. The van der Waals surface area contributed by atoms with Crippen LogP contribution in [0.1, 0.15) is 18.1 Å². The van der Waals surface area contributed by atoms with Crippen molar-refractivity contribution in [2.75, 3.05) is 23.8 Å². The molecule has 0 unspecified atom stereocenters. The number of carbonyl (C=O) groups is 2. The molecular weight excluding hydrogens is 318 g/mol. The molecule has 6 heteroatoms. The first-order valence-corrected chi connectivity index (χ1v) is 8.14. The molecule has 0 saturated carbocycles. The van der Waals surface area contributed by atoms with Crippen LogP contribution >= 0.6 is 0 Å². The van der Waals surface area contributed by atoms with Crippen molar-refractivity contribution in [3.05, 3.63) is 53.6 Å². The number of benzene rings is 2. The Balaban J connectivity index is 2.01. The number of nitrogens with one attached hydrogen (secondary N) is 2. The highest BCUT2D eigenvalue weighted by Gasteiger charge is 2.08. The number of hydrogen-bond acceptors (Lipinski definition) is 4. The Kier molecular flexibility index (Phi) is 6.54. The maximum absolute atomic E-state index is 12.3. The van der Waals surface area contributed by atoms with Crippen molar-refractivity contribution in [2.45, 2.75) is 20.3 Å². The molecule has 6 nitrogen and oxygen atoms in total. The fraction of sp³-hybridized carbons (Fsp3) is 0.263. The van der Waals surface area contributed by atoms with Crippen molar-refractivity contribution < 1.29 is 14.3 Å². The molecule has 2 amide bonds. The number of anilines is 2. The molecule has 4 N–H and O–H groups in total. The van der Waals surface area contributed by atoms with E-state index in [-0.39, 0.29) is 24.8 Å². The molecule has 0 bridgehead atoms. The van der Waals surface area contributed by atoms with Gasteiger partial charge in [0, 0.05) is 11.4 Å². The molecule has 25 heavy (non-hydrogen) atoms. The van der Waals surface area contributed by atoms with Gasteiger partial charge in [0.1, 0.15) is 5.75 Å². The lowest BCUT2D eigenvalue weighted by molar-refractivity contribution is -0.116. The third-order valence-electron chi connectivity index (χ3n) is 3.58. The molecule has 0 radical (unpaired) electrons. The van der Waals surface area contributed by atoms with Gasteiger partial charge in [-0.2, -0.15) is 0 Å². The van der Waals surface area contributed by atoms with Gasteiger partial charge in [-0.25, -0.2) is 0 Å². The fourth-order valence-electron chi connectivity index (χ4n) is 2.30. The minimum atomic E-state index is -0.282. The zero-order valence-corrected chi connectivity index (χ0v) is 14.5. The van der Waals surface area contributed by atoms with Crippen molar-refractivity contribution in [1.29, 1.82) is 0 Å². The molecule has 0 saturated heterocycles. The smallest absolute Gasteiger partial charge is 0.238 e. The van der Waals surface area contributed by atoms with Crippen LogP contribution in [0, 0.1) is 6.92 Å². The molecule has 2 aromatic carbocycles. The van der Waals surface area contributed by atoms with E-state index in [1.54, 1.807) is 12.1 Å². The third-order valence-corrected chi connectivity index (χ3v) is 3.58. The second kappa shape index (κ2) is 8.84. The fourth-order valence-corrected chi connectivity index (χ4v) is 2.30. The molecule has 0 atom stereocenters. The molecular formula is C19H23N3O3. The van der Waals surface area contributed by atoms with E-state index >= 15 is 0 Å². The SMILES string of the molecule is CCOc1ccc(CC(=O)Nc2cc(NC(=O)CN)ccc2C)cc1. The molecule has 0 aliphatic rings. The molecule has 0 spiro atoms. The average Bonchev–Trinajstić information content (AvgIpc) is 2.59. The van der Waals surface area contributed by atoms with Crippen LogP contribution < -0.4 is 21.1 Å². The summed E-state index contributed by atoms with van der Waals surface area (Å²) in [5, 5.41) is 5.55. The Morgan fingerprint density at radius 1 is 1.04 bits per heavy atom. The van der Waals surface area contributed by atoms with Crippen LogP contribution in [0.4, 0.5) is 11.4 Å². The topological polar surface area (TPSA) is 93.5 Å². The van der Waals surface area contributed by atoms with E-state index in [9.17, 15) is 9.59 Å². The van der Waals surface area contributed by atoms with Gasteiger partial charge in [0.15, 0.2) is 0 Å². The van der Waals surface area contributed by atoms with Gasteiger partial charge in [0.05, 0.1) is 19.6 Å². The maximum atomic E-state index is 12.3. The summed E-state index contributed by atoms with van der Waals surface area (Å²) in [4.78, 5) is 23.7. The molecule has 0 heterocycles. The van der Waals surface area contributed by atoms with Crippen molar-refractivity contribution in [3.8, 4) is 5.75 Å². The van der Waals surface area contributed by atoms with Gasteiger partial charge in [-0.05, 0) is 49.2 Å². The van der Waals surface area contributed by atoms with Gasteiger partial charge in [0.25, 0.3) is 0 Å². The molecule has 0 fully saturated rings. The van der Waals surface area contributed by atoms with Crippen LogP contribution in [0.3, 0.4) is 0 Å². The van der Waals surface area contributed by atoms with E-state index in [2.05, 4.69) is 10.6 Å². The number of amides is 2. The standard InChI is InChI=1S/C19H23N3O3/c1-3-25-16-8-5-14(6-9-16)10-18(23)22-17-11-15(7-4-13(17)2)21-19(24)12-20/h4-9,11H,3,10,12,20H2,1-2H3,(H,21,24)(H,22,23). The first-order chi connectivity index (χ1) is 12.0. The molecule has 0 aromatic heterocycles. The van der Waals surface area contributed by atoms with Gasteiger partial charge >= 0.3 is 0 Å². The van der Waals surface area contributed by atoms with Crippen LogP contribution in [0.5, 0.6) is 5.75 Å². The average molecular weight is 341 g/mol. The van der Waals surface area contributed by atoms with Crippen LogP contribution in [0.2, 0.25) is 0 Å². The molecule has 132 valence electrons. The van der Waals surface area contributed by atoms with Crippen LogP contribution in [0.25, 0.3) is 0 Å². The van der Waals surface area contributed by atoms with Crippen molar-refractivity contribution in [2.24, 2.45) is 5.73 Å². The van der Waals surface area contributed by atoms with Gasteiger partial charge in [-0.3, -0.25) is 9.59 Å². The zero-order valence-electron chi connectivity index (χ0n) is 14.5. The highest BCUT2D eigenvalue weighted by atomic mass is 16.5. The van der Waals surface area contributed by atoms with Gasteiger partial charge in [-0.15, -0.1) is 0 Å². The predicted octanol–water partition coefficient (Wildman–Crippen LogP) is 2.47. The largest absolute Gasteiger partial charge is 0.494 e. The van der Waals surface area contributed by atoms with Crippen molar-refractivity contribution in [3.63, 3.8) is 0 Å². The summed E-state index contributed by atoms with van der Waals surface area (Å²) in [6, 6.07) is 12.8. The van der Waals surface area contributed by atoms with E-state index in [1.807, 2.05) is 44.2 Å². The van der Waals surface area contributed by atoms with Crippen LogP contribution in [-0.2, 0) is 16.0 Å². The van der Waals surface area contributed by atoms with Crippen LogP contribution in [-0.4, -0.2) is 25.0 Å². The lowest BCUT2D eigenvalue weighted by atomic mass is 10.1. The number of nitrogens with two attached hydrogens (primary N) is 1.